The van der Waals surface area contributed by atoms with Crippen molar-refractivity contribution in [3.63, 3.8) is 0 Å². The Kier molecular flexibility index (Phi) is 6.75. The smallest absolute Gasteiger partial charge is 0.406 e. The first-order valence-electron chi connectivity index (χ1n) is 9.79. The molecule has 0 aromatic heterocycles. The highest BCUT2D eigenvalue weighted by molar-refractivity contribution is 7.92. The van der Waals surface area contributed by atoms with Crippen LogP contribution in [0.15, 0.2) is 42.5 Å². The maximum Gasteiger partial charge on any atom is 0.573 e. The fourth-order valence-electron chi connectivity index (χ4n) is 3.77. The Bertz CT molecular complexity index is 1010. The van der Waals surface area contributed by atoms with E-state index in [0.29, 0.717) is 29.8 Å². The number of hydrogen-bond acceptors (Lipinski definition) is 6. The lowest BCUT2D eigenvalue weighted by Gasteiger charge is -2.18. The molecule has 1 fully saturated rings. The summed E-state index contributed by atoms with van der Waals surface area (Å²) in [6.07, 6.45) is -4.16. The molecule has 1 aliphatic rings. The number of ether oxygens (including phenoxy) is 1. The molecule has 1 saturated carbocycles. The summed E-state index contributed by atoms with van der Waals surface area (Å²) in [6.45, 7) is 5.50. The molecule has 1 aliphatic carbocycles. The van der Waals surface area contributed by atoms with E-state index in [4.69, 9.17) is 9.32 Å². The lowest BCUT2D eigenvalue weighted by molar-refractivity contribution is -0.274. The van der Waals surface area contributed by atoms with Gasteiger partial charge in [0.2, 0.25) is 5.91 Å². The van der Waals surface area contributed by atoms with Gasteiger partial charge < -0.3 is 14.2 Å². The monoisotopic (exact) mass is 468 g/mol. The first-order chi connectivity index (χ1) is 14.9. The Labute approximate surface area is 188 Å². The minimum Gasteiger partial charge on any atom is -0.406 e. The van der Waals surface area contributed by atoms with Gasteiger partial charge in [-0.05, 0) is 55.2 Å². The first-order valence-corrected chi connectivity index (χ1v) is 10.6. The average Bonchev–Trinajstić information content (AvgIpc) is 3.40. The molecule has 172 valence electrons. The van der Waals surface area contributed by atoms with Crippen LogP contribution in [-0.2, 0) is 14.4 Å². The van der Waals surface area contributed by atoms with Crippen LogP contribution in [0.2, 0.25) is 0 Å². The van der Waals surface area contributed by atoms with E-state index in [1.807, 2.05) is 13.8 Å². The minimum atomic E-state index is -4.75. The summed E-state index contributed by atoms with van der Waals surface area (Å²) in [5, 5.41) is 8.13. The number of rotatable bonds is 7. The van der Waals surface area contributed by atoms with Crippen LogP contribution < -0.4 is 15.2 Å². The second-order valence-electron chi connectivity index (χ2n) is 8.02. The van der Waals surface area contributed by atoms with Gasteiger partial charge in [0.15, 0.2) is 0 Å². The van der Waals surface area contributed by atoms with Gasteiger partial charge in [-0.2, -0.15) is 0 Å². The van der Waals surface area contributed by atoms with Gasteiger partial charge in [0.25, 0.3) is 0 Å². The molecule has 2 aromatic rings. The van der Waals surface area contributed by atoms with Gasteiger partial charge in [0.1, 0.15) is 18.0 Å². The fourth-order valence-corrected chi connectivity index (χ4v) is 3.95. The summed E-state index contributed by atoms with van der Waals surface area (Å²) < 4.78 is 45.6. The van der Waals surface area contributed by atoms with Crippen molar-refractivity contribution >= 4 is 24.1 Å². The molecule has 3 N–H and O–H groups in total. The van der Waals surface area contributed by atoms with E-state index in [2.05, 4.69) is 10.1 Å². The molecule has 0 aliphatic heterocycles. The number of alkyl halides is 3. The van der Waals surface area contributed by atoms with Crippen molar-refractivity contribution < 1.29 is 31.7 Å². The molecule has 0 heterocycles. The second-order valence-corrected chi connectivity index (χ2v) is 8.38. The van der Waals surface area contributed by atoms with Crippen molar-refractivity contribution in [2.45, 2.75) is 45.0 Å². The van der Waals surface area contributed by atoms with Crippen LogP contribution in [0.4, 0.5) is 13.2 Å². The molecule has 10 heteroatoms. The van der Waals surface area contributed by atoms with Crippen molar-refractivity contribution in [3.8, 4) is 5.75 Å². The van der Waals surface area contributed by atoms with Crippen LogP contribution in [0.25, 0.3) is 0 Å². The van der Waals surface area contributed by atoms with Gasteiger partial charge in [-0.25, -0.2) is 9.93 Å². The largest absolute Gasteiger partial charge is 0.573 e. The molecular weight excluding hydrogens is 445 g/mol. The molecule has 2 aromatic carbocycles. The Balaban J connectivity index is 1.63. The second kappa shape index (κ2) is 9.03. The van der Waals surface area contributed by atoms with Gasteiger partial charge in [-0.1, -0.05) is 31.2 Å². The van der Waals surface area contributed by atoms with Crippen LogP contribution >= 0.6 is 12.2 Å². The molecule has 2 unspecified atom stereocenters. The van der Waals surface area contributed by atoms with Gasteiger partial charge in [-0.15, -0.1) is 13.2 Å². The number of hydrogen-bond donors (Lipinski definition) is 2. The van der Waals surface area contributed by atoms with E-state index in [1.54, 1.807) is 37.3 Å². The zero-order chi connectivity index (χ0) is 23.7. The number of carbonyl (C=O) groups is 2. The molecule has 0 bridgehead atoms. The van der Waals surface area contributed by atoms with Gasteiger partial charge in [0, 0.05) is 11.3 Å². The van der Waals surface area contributed by atoms with Crippen LogP contribution in [0.1, 0.15) is 53.4 Å². The Morgan fingerprint density at radius 2 is 1.88 bits per heavy atom. The van der Waals surface area contributed by atoms with E-state index < -0.39 is 17.7 Å². The maximum atomic E-state index is 12.8. The van der Waals surface area contributed by atoms with Gasteiger partial charge in [-0.3, -0.25) is 4.79 Å². The predicted molar refractivity (Wildman–Crippen MR) is 114 cm³/mol. The molecule has 0 saturated heterocycles. The summed E-state index contributed by atoms with van der Waals surface area (Å²) in [5.41, 5.74) is 2.22. The number of aryl methyl sites for hydroxylation is 1. The SMILES string of the molecule is Cc1cc([C@@H](C)NC(=O)C2CC2(C)c2ccc(OC(F)(F)F)cc2)ccc1C(=O)OSN. The van der Waals surface area contributed by atoms with Crippen LogP contribution in [0.3, 0.4) is 0 Å². The number of nitrogens with two attached hydrogens (primary N) is 1. The number of amides is 1. The molecule has 32 heavy (non-hydrogen) atoms. The number of carbonyl (C=O) groups excluding carboxylic acids is 2. The lowest BCUT2D eigenvalue weighted by Crippen LogP contribution is -2.30. The van der Waals surface area contributed by atoms with Gasteiger partial charge >= 0.3 is 12.3 Å². The summed E-state index contributed by atoms with van der Waals surface area (Å²) in [6, 6.07) is 10.5. The highest BCUT2D eigenvalue weighted by Gasteiger charge is 2.55. The van der Waals surface area contributed by atoms with Crippen LogP contribution in [0, 0.1) is 12.8 Å². The first kappa shape index (κ1) is 23.9. The molecule has 6 nitrogen and oxygen atoms in total. The summed E-state index contributed by atoms with van der Waals surface area (Å²) >= 11 is 0.480. The Morgan fingerprint density at radius 3 is 2.44 bits per heavy atom. The Morgan fingerprint density at radius 1 is 1.22 bits per heavy atom. The molecule has 0 radical (unpaired) electrons. The molecule has 1 amide bonds. The topological polar surface area (TPSA) is 90.6 Å². The third-order valence-corrected chi connectivity index (χ3v) is 6.00. The standard InChI is InChI=1S/C22H23F3N2O4S/c1-12-10-14(4-9-17(12)20(29)31-32-26)13(2)27-19(28)18-11-21(18,3)15-5-7-16(8-6-15)30-22(23,24)25/h4-10,13,18H,11,26H2,1-3H3,(H,27,28)/t13-,18?,21?/m1/s1. The highest BCUT2D eigenvalue weighted by atomic mass is 32.2. The van der Waals surface area contributed by atoms with Crippen molar-refractivity contribution in [2.24, 2.45) is 11.1 Å². The molecule has 3 rings (SSSR count). The van der Waals surface area contributed by atoms with E-state index >= 15 is 0 Å². The summed E-state index contributed by atoms with van der Waals surface area (Å²) in [7, 11) is 0. The molecule has 3 atom stereocenters. The summed E-state index contributed by atoms with van der Waals surface area (Å²) in [5.74, 6) is -1.28. The van der Waals surface area contributed by atoms with Crippen LogP contribution in [0.5, 0.6) is 5.75 Å². The van der Waals surface area contributed by atoms with Crippen molar-refractivity contribution in [1.29, 1.82) is 0 Å². The normalized spacial score (nSPS) is 20.9. The maximum absolute atomic E-state index is 12.8. The Hall–Kier alpha value is -2.72. The lowest BCUT2D eigenvalue weighted by atomic mass is 9.95. The zero-order valence-electron chi connectivity index (χ0n) is 17.7. The summed E-state index contributed by atoms with van der Waals surface area (Å²) in [4.78, 5) is 24.7. The van der Waals surface area contributed by atoms with Crippen molar-refractivity contribution in [3.05, 3.63) is 64.7 Å². The predicted octanol–water partition coefficient (Wildman–Crippen LogP) is 4.73. The van der Waals surface area contributed by atoms with E-state index in [1.165, 1.54) is 12.1 Å². The van der Waals surface area contributed by atoms with E-state index in [9.17, 15) is 22.8 Å². The van der Waals surface area contributed by atoms with Crippen LogP contribution in [-0.4, -0.2) is 18.2 Å². The van der Waals surface area contributed by atoms with Crippen molar-refractivity contribution in [1.82, 2.24) is 5.32 Å². The third kappa shape index (κ3) is 5.36. The van der Waals surface area contributed by atoms with E-state index in [-0.39, 0.29) is 23.6 Å². The fraction of sp³-hybridized carbons (Fsp3) is 0.364. The van der Waals surface area contributed by atoms with Gasteiger partial charge in [0.05, 0.1) is 11.6 Å². The minimum absolute atomic E-state index is 0.142. The zero-order valence-corrected chi connectivity index (χ0v) is 18.5. The molecular formula is C22H23F3N2O4S. The van der Waals surface area contributed by atoms with Crippen molar-refractivity contribution in [2.75, 3.05) is 0 Å². The highest BCUT2D eigenvalue weighted by Crippen LogP contribution is 2.54. The quantitative estimate of drug-likeness (QED) is 0.451. The third-order valence-electron chi connectivity index (χ3n) is 5.75. The average molecular weight is 468 g/mol. The number of benzene rings is 2. The number of halogens is 3. The number of nitrogens with one attached hydrogen (secondary N) is 1. The van der Waals surface area contributed by atoms with E-state index in [0.717, 1.165) is 11.1 Å². The molecule has 0 spiro atoms.